The molecular formula is C20H21N5O. The summed E-state index contributed by atoms with van der Waals surface area (Å²) in [5.74, 6) is 2.52. The summed E-state index contributed by atoms with van der Waals surface area (Å²) in [6.07, 6.45) is 4.09. The summed E-state index contributed by atoms with van der Waals surface area (Å²) in [6, 6.07) is 16.5. The first-order chi connectivity index (χ1) is 12.9. The smallest absolute Gasteiger partial charge is 0.134 e. The van der Waals surface area contributed by atoms with Crippen LogP contribution < -0.4 is 10.2 Å². The highest BCUT2D eigenvalue weighted by Gasteiger charge is 2.17. The van der Waals surface area contributed by atoms with Crippen LogP contribution in [0.4, 0.5) is 17.5 Å². The molecule has 132 valence electrons. The summed E-state index contributed by atoms with van der Waals surface area (Å²) in [6.45, 7) is 3.17. The Morgan fingerprint density at radius 3 is 2.58 bits per heavy atom. The highest BCUT2D eigenvalue weighted by Crippen LogP contribution is 2.25. The Morgan fingerprint density at radius 2 is 1.81 bits per heavy atom. The van der Waals surface area contributed by atoms with Crippen molar-refractivity contribution in [3.63, 3.8) is 0 Å². The first kappa shape index (κ1) is 16.5. The predicted octanol–water partition coefficient (Wildman–Crippen LogP) is 3.04. The number of ether oxygens (including phenoxy) is 1. The number of morpholine rings is 1. The zero-order chi connectivity index (χ0) is 17.6. The summed E-state index contributed by atoms with van der Waals surface area (Å²) >= 11 is 0. The minimum atomic E-state index is 0.732. The minimum absolute atomic E-state index is 0.732. The van der Waals surface area contributed by atoms with E-state index >= 15 is 0 Å². The van der Waals surface area contributed by atoms with Crippen molar-refractivity contribution in [3.8, 4) is 0 Å². The number of benzene rings is 1. The van der Waals surface area contributed by atoms with E-state index in [4.69, 9.17) is 9.72 Å². The number of nitrogens with zero attached hydrogens (tertiary/aromatic N) is 4. The van der Waals surface area contributed by atoms with Crippen molar-refractivity contribution in [3.05, 3.63) is 72.2 Å². The molecule has 6 heteroatoms. The topological polar surface area (TPSA) is 63.2 Å². The van der Waals surface area contributed by atoms with E-state index in [1.54, 1.807) is 6.20 Å². The molecule has 1 fully saturated rings. The number of hydrogen-bond donors (Lipinski definition) is 1. The molecule has 1 aliphatic rings. The lowest BCUT2D eigenvalue weighted by atomic mass is 10.1. The van der Waals surface area contributed by atoms with Gasteiger partial charge in [0.2, 0.25) is 0 Å². The number of anilines is 3. The summed E-state index contributed by atoms with van der Waals surface area (Å²) in [7, 11) is 0. The Hall–Kier alpha value is -2.99. The quantitative estimate of drug-likeness (QED) is 0.765. The van der Waals surface area contributed by atoms with Gasteiger partial charge in [-0.3, -0.25) is 0 Å². The van der Waals surface area contributed by atoms with Crippen molar-refractivity contribution in [2.75, 3.05) is 36.5 Å². The van der Waals surface area contributed by atoms with E-state index in [-0.39, 0.29) is 0 Å². The van der Waals surface area contributed by atoms with E-state index in [1.807, 2.05) is 18.2 Å². The Balaban J connectivity index is 1.64. The van der Waals surface area contributed by atoms with E-state index in [1.165, 1.54) is 17.5 Å². The van der Waals surface area contributed by atoms with Crippen LogP contribution in [0.1, 0.15) is 11.1 Å². The van der Waals surface area contributed by atoms with Gasteiger partial charge < -0.3 is 15.0 Å². The van der Waals surface area contributed by atoms with Crippen molar-refractivity contribution in [2.24, 2.45) is 0 Å². The highest BCUT2D eigenvalue weighted by molar-refractivity contribution is 5.59. The first-order valence-corrected chi connectivity index (χ1v) is 8.78. The number of rotatable bonds is 5. The van der Waals surface area contributed by atoms with Crippen LogP contribution in [0.5, 0.6) is 0 Å². The number of hydrogen-bond acceptors (Lipinski definition) is 6. The molecule has 1 aliphatic heterocycles. The van der Waals surface area contributed by atoms with E-state index in [0.717, 1.165) is 50.2 Å². The molecule has 6 nitrogen and oxygen atoms in total. The molecule has 3 aromatic rings. The average Bonchev–Trinajstić information content (AvgIpc) is 2.71. The Bertz CT molecular complexity index is 835. The largest absolute Gasteiger partial charge is 0.378 e. The molecule has 0 radical (unpaired) electrons. The fourth-order valence-electron chi connectivity index (χ4n) is 3.05. The molecule has 3 heterocycles. The average molecular weight is 347 g/mol. The van der Waals surface area contributed by atoms with E-state index in [0.29, 0.717) is 0 Å². The third-order valence-electron chi connectivity index (χ3n) is 4.34. The van der Waals surface area contributed by atoms with Crippen LogP contribution in [0.25, 0.3) is 0 Å². The molecule has 0 amide bonds. The summed E-state index contributed by atoms with van der Waals surface area (Å²) in [5.41, 5.74) is 2.49. The lowest BCUT2D eigenvalue weighted by molar-refractivity contribution is 0.122. The molecule has 2 aromatic heterocycles. The normalized spacial score (nSPS) is 14.2. The molecule has 1 N–H and O–H groups in total. The number of nitrogens with one attached hydrogen (secondary N) is 1. The lowest BCUT2D eigenvalue weighted by Crippen LogP contribution is -2.37. The second-order valence-electron chi connectivity index (χ2n) is 6.16. The zero-order valence-electron chi connectivity index (χ0n) is 14.5. The maximum Gasteiger partial charge on any atom is 0.134 e. The second kappa shape index (κ2) is 7.93. The molecular weight excluding hydrogens is 326 g/mol. The van der Waals surface area contributed by atoms with Crippen LogP contribution in [0, 0.1) is 0 Å². The van der Waals surface area contributed by atoms with E-state index in [9.17, 15) is 0 Å². The van der Waals surface area contributed by atoms with Gasteiger partial charge in [-0.25, -0.2) is 15.0 Å². The maximum atomic E-state index is 5.50. The van der Waals surface area contributed by atoms with Crippen molar-refractivity contribution in [1.82, 2.24) is 15.0 Å². The SMILES string of the molecule is c1ccc(Cc2ccc(Nc3ccncn3)nc2N2CCOCC2)cc1. The van der Waals surface area contributed by atoms with Crippen LogP contribution in [0.15, 0.2) is 61.1 Å². The molecule has 0 bridgehead atoms. The third kappa shape index (κ3) is 3.97. The molecule has 0 atom stereocenters. The van der Waals surface area contributed by atoms with Gasteiger partial charge in [-0.15, -0.1) is 0 Å². The number of aromatic nitrogens is 3. The van der Waals surface area contributed by atoms with Gasteiger partial charge in [0.05, 0.1) is 13.2 Å². The Labute approximate surface area is 152 Å². The van der Waals surface area contributed by atoms with Gasteiger partial charge in [-0.1, -0.05) is 36.4 Å². The van der Waals surface area contributed by atoms with Crippen LogP contribution >= 0.6 is 0 Å². The molecule has 1 aromatic carbocycles. The van der Waals surface area contributed by atoms with Gasteiger partial charge in [-0.05, 0) is 23.3 Å². The fourth-order valence-corrected chi connectivity index (χ4v) is 3.05. The van der Waals surface area contributed by atoms with E-state index < -0.39 is 0 Å². The van der Waals surface area contributed by atoms with Crippen LogP contribution in [0.3, 0.4) is 0 Å². The molecule has 1 saturated heterocycles. The molecule has 0 unspecified atom stereocenters. The predicted molar refractivity (Wildman–Crippen MR) is 102 cm³/mol. The van der Waals surface area contributed by atoms with Gasteiger partial charge in [0.1, 0.15) is 23.8 Å². The van der Waals surface area contributed by atoms with Gasteiger partial charge >= 0.3 is 0 Å². The lowest BCUT2D eigenvalue weighted by Gasteiger charge is -2.30. The molecule has 4 rings (SSSR count). The van der Waals surface area contributed by atoms with Gasteiger partial charge in [0.25, 0.3) is 0 Å². The molecule has 0 aliphatic carbocycles. The molecule has 0 spiro atoms. The highest BCUT2D eigenvalue weighted by atomic mass is 16.5. The van der Waals surface area contributed by atoms with Crippen molar-refractivity contribution >= 4 is 17.5 Å². The van der Waals surface area contributed by atoms with Crippen molar-refractivity contribution < 1.29 is 4.74 Å². The maximum absolute atomic E-state index is 5.50. The second-order valence-corrected chi connectivity index (χ2v) is 6.16. The summed E-state index contributed by atoms with van der Waals surface area (Å²) in [5, 5.41) is 3.25. The fraction of sp³-hybridized carbons (Fsp3) is 0.250. The van der Waals surface area contributed by atoms with Crippen LogP contribution in [0.2, 0.25) is 0 Å². The molecule has 26 heavy (non-hydrogen) atoms. The standard InChI is InChI=1S/C20H21N5O/c1-2-4-16(5-3-1)14-17-6-7-19(23-18-8-9-21-15-22-18)24-20(17)25-10-12-26-13-11-25/h1-9,15H,10-14H2,(H,21,22,23,24). The number of pyridine rings is 1. The van der Waals surface area contributed by atoms with Gasteiger partial charge in [-0.2, -0.15) is 0 Å². The van der Waals surface area contributed by atoms with Gasteiger partial charge in [0.15, 0.2) is 0 Å². The monoisotopic (exact) mass is 347 g/mol. The van der Waals surface area contributed by atoms with E-state index in [2.05, 4.69) is 50.5 Å². The minimum Gasteiger partial charge on any atom is -0.378 e. The summed E-state index contributed by atoms with van der Waals surface area (Å²) in [4.78, 5) is 15.3. The van der Waals surface area contributed by atoms with Gasteiger partial charge in [0, 0.05) is 25.7 Å². The zero-order valence-corrected chi connectivity index (χ0v) is 14.5. The first-order valence-electron chi connectivity index (χ1n) is 8.78. The van der Waals surface area contributed by atoms with Crippen LogP contribution in [-0.4, -0.2) is 41.3 Å². The van der Waals surface area contributed by atoms with Crippen LogP contribution in [-0.2, 0) is 11.2 Å². The Morgan fingerprint density at radius 1 is 0.962 bits per heavy atom. The molecule has 0 saturated carbocycles. The third-order valence-corrected chi connectivity index (χ3v) is 4.34. The van der Waals surface area contributed by atoms with Crippen molar-refractivity contribution in [1.29, 1.82) is 0 Å². The Kier molecular flexibility index (Phi) is 5.02. The summed E-state index contributed by atoms with van der Waals surface area (Å²) < 4.78 is 5.50. The van der Waals surface area contributed by atoms with Crippen molar-refractivity contribution in [2.45, 2.75) is 6.42 Å².